The molecule has 290 valence electrons. The molecule has 0 saturated carbocycles. The van der Waals surface area contributed by atoms with Gasteiger partial charge in [-0.15, -0.1) is 0 Å². The first-order valence-corrected chi connectivity index (χ1v) is 20.7. The van der Waals surface area contributed by atoms with E-state index in [0.717, 1.165) is 99.5 Å². The zero-order valence-corrected chi connectivity index (χ0v) is 34.7. The molecule has 0 bridgehead atoms. The maximum atomic E-state index is 6.68. The van der Waals surface area contributed by atoms with Gasteiger partial charge in [0.1, 0.15) is 22.3 Å². The summed E-state index contributed by atoms with van der Waals surface area (Å²) in [6, 6.07) is 57.0. The van der Waals surface area contributed by atoms with E-state index in [1.165, 1.54) is 33.4 Å². The molecule has 2 aromatic heterocycles. The molecule has 0 fully saturated rings. The zero-order chi connectivity index (χ0) is 40.8. The summed E-state index contributed by atoms with van der Waals surface area (Å²) in [5.74, 6) is 0. The van der Waals surface area contributed by atoms with E-state index in [-0.39, 0.29) is 0 Å². The first kappa shape index (κ1) is 35.8. The lowest BCUT2D eigenvalue weighted by molar-refractivity contribution is 0.664. The second kappa shape index (κ2) is 13.6. The number of anilines is 6. The van der Waals surface area contributed by atoms with Crippen molar-refractivity contribution in [1.29, 1.82) is 0 Å². The van der Waals surface area contributed by atoms with Gasteiger partial charge < -0.3 is 18.6 Å². The quantitative estimate of drug-likeness (QED) is 0.168. The molecule has 0 aliphatic heterocycles. The minimum Gasteiger partial charge on any atom is -0.456 e. The second-order valence-electron chi connectivity index (χ2n) is 16.6. The average Bonchev–Trinajstić information content (AvgIpc) is 3.78. The largest absolute Gasteiger partial charge is 0.456 e. The number of fused-ring (bicyclic) bond motifs is 8. The fraction of sp³-hybridized carbons (Fsp3) is 0.107. The van der Waals surface area contributed by atoms with Crippen LogP contribution in [-0.2, 0) is 0 Å². The van der Waals surface area contributed by atoms with Crippen molar-refractivity contribution in [1.82, 2.24) is 0 Å². The molecule has 11 aromatic rings. The van der Waals surface area contributed by atoms with E-state index < -0.39 is 0 Å². The molecule has 11 rings (SSSR count). The molecule has 4 nitrogen and oxygen atoms in total. The number of nitrogens with zero attached hydrogens (tertiary/aromatic N) is 2. The third-order valence-electron chi connectivity index (χ3n) is 12.8. The third-order valence-corrected chi connectivity index (χ3v) is 12.8. The van der Waals surface area contributed by atoms with Gasteiger partial charge >= 0.3 is 0 Å². The summed E-state index contributed by atoms with van der Waals surface area (Å²) in [6.07, 6.45) is 0. The van der Waals surface area contributed by atoms with Gasteiger partial charge in [0.25, 0.3) is 0 Å². The summed E-state index contributed by atoms with van der Waals surface area (Å²) in [4.78, 5) is 4.69. The second-order valence-corrected chi connectivity index (χ2v) is 16.6. The monoisotopic (exact) mass is 776 g/mol. The molecule has 2 heterocycles. The van der Waals surface area contributed by atoms with Crippen LogP contribution in [0.1, 0.15) is 33.4 Å². The van der Waals surface area contributed by atoms with Gasteiger partial charge in [0.15, 0.2) is 0 Å². The van der Waals surface area contributed by atoms with Gasteiger partial charge in [-0.2, -0.15) is 0 Å². The van der Waals surface area contributed by atoms with Crippen LogP contribution in [0.5, 0.6) is 0 Å². The van der Waals surface area contributed by atoms with Crippen LogP contribution < -0.4 is 9.80 Å². The van der Waals surface area contributed by atoms with E-state index in [1.54, 1.807) is 0 Å². The number of aryl methyl sites for hydroxylation is 4. The number of hydrogen-bond donors (Lipinski definition) is 0. The van der Waals surface area contributed by atoms with E-state index in [2.05, 4.69) is 209 Å². The Bertz CT molecular complexity index is 3220. The number of rotatable bonds is 6. The van der Waals surface area contributed by atoms with Crippen molar-refractivity contribution < 1.29 is 8.83 Å². The molecule has 0 spiro atoms. The molecule has 4 heteroatoms. The van der Waals surface area contributed by atoms with Gasteiger partial charge in [0.05, 0.1) is 0 Å². The molecular weight excluding hydrogens is 733 g/mol. The maximum Gasteiger partial charge on any atom is 0.136 e. The fourth-order valence-electron chi connectivity index (χ4n) is 9.12. The predicted molar refractivity (Wildman–Crippen MR) is 254 cm³/mol. The normalized spacial score (nSPS) is 11.8. The summed E-state index contributed by atoms with van der Waals surface area (Å²) in [5.41, 5.74) is 18.0. The highest BCUT2D eigenvalue weighted by molar-refractivity contribution is 6.18. The molecule has 0 atom stereocenters. The Morgan fingerprint density at radius 1 is 0.283 bits per heavy atom. The molecule has 0 aliphatic carbocycles. The van der Waals surface area contributed by atoms with Gasteiger partial charge in [0, 0.05) is 55.7 Å². The molecule has 0 N–H and O–H groups in total. The molecule has 0 radical (unpaired) electrons. The first-order chi connectivity index (χ1) is 29.2. The highest BCUT2D eigenvalue weighted by Crippen LogP contribution is 2.43. The van der Waals surface area contributed by atoms with Crippen molar-refractivity contribution in [3.63, 3.8) is 0 Å². The van der Waals surface area contributed by atoms with E-state index in [4.69, 9.17) is 8.83 Å². The van der Waals surface area contributed by atoms with Crippen LogP contribution in [0.25, 0.3) is 65.4 Å². The summed E-state index contributed by atoms with van der Waals surface area (Å²) in [7, 11) is 0. The maximum absolute atomic E-state index is 6.68. The summed E-state index contributed by atoms with van der Waals surface area (Å²) in [5, 5.41) is 8.82. The van der Waals surface area contributed by atoms with Crippen LogP contribution in [0, 0.1) is 41.5 Å². The van der Waals surface area contributed by atoms with Crippen LogP contribution >= 0.6 is 0 Å². The number of furan rings is 2. The van der Waals surface area contributed by atoms with Gasteiger partial charge in [-0.3, -0.25) is 0 Å². The van der Waals surface area contributed by atoms with Gasteiger partial charge in [0.2, 0.25) is 0 Å². The number of hydrogen-bond acceptors (Lipinski definition) is 4. The lowest BCUT2D eigenvalue weighted by Gasteiger charge is -2.27. The standard InChI is InChI=1S/C56H44N2O2/c1-33-21-47(22-34(2)37(33)5)57(43-13-9-7-10-14-43)45-19-17-39-27-49-51-31-56-52(32-55(51)59-53(49)29-41(39)25-45)50-28-40-18-20-46(26-42(40)30-54(50)60-56)58(44-15-11-8-12-16-44)48-23-35(3)38(6)36(4)24-48/h7-32H,1-6H3. The van der Waals surface area contributed by atoms with Gasteiger partial charge in [-0.1, -0.05) is 48.5 Å². The molecular formula is C56H44N2O2. The Labute approximate surface area is 349 Å². The van der Waals surface area contributed by atoms with Crippen molar-refractivity contribution >= 4 is 99.5 Å². The summed E-state index contributed by atoms with van der Waals surface area (Å²) >= 11 is 0. The lowest BCUT2D eigenvalue weighted by Crippen LogP contribution is -2.10. The molecule has 0 aliphatic rings. The molecule has 0 saturated heterocycles. The minimum atomic E-state index is 0.852. The van der Waals surface area contributed by atoms with Crippen LogP contribution in [0.4, 0.5) is 34.1 Å². The molecule has 0 unspecified atom stereocenters. The highest BCUT2D eigenvalue weighted by atomic mass is 16.3. The SMILES string of the molecule is Cc1cc(N(c2ccccc2)c2ccc3cc4c(cc3c2)oc2cc3c(cc24)oc2cc4cc(N(c5ccccc5)c5cc(C)c(C)c(C)c5)ccc4cc23)cc(C)c1C. The molecule has 60 heavy (non-hydrogen) atoms. The zero-order valence-electron chi connectivity index (χ0n) is 34.7. The Hall–Kier alpha value is -7.30. The Morgan fingerprint density at radius 3 is 1.02 bits per heavy atom. The number of para-hydroxylation sites is 2. The van der Waals surface area contributed by atoms with Crippen molar-refractivity contribution in [2.24, 2.45) is 0 Å². The van der Waals surface area contributed by atoms with Gasteiger partial charge in [-0.05, 0) is 206 Å². The van der Waals surface area contributed by atoms with E-state index in [0.29, 0.717) is 0 Å². The van der Waals surface area contributed by atoms with Crippen LogP contribution in [0.2, 0.25) is 0 Å². The smallest absolute Gasteiger partial charge is 0.136 e. The van der Waals surface area contributed by atoms with Crippen molar-refractivity contribution in [3.05, 3.63) is 191 Å². The molecule has 0 amide bonds. The third kappa shape index (κ3) is 5.82. The highest BCUT2D eigenvalue weighted by Gasteiger charge is 2.19. The van der Waals surface area contributed by atoms with Crippen molar-refractivity contribution in [3.8, 4) is 0 Å². The lowest BCUT2D eigenvalue weighted by atomic mass is 10.0. The summed E-state index contributed by atoms with van der Waals surface area (Å²) in [6.45, 7) is 13.2. The van der Waals surface area contributed by atoms with Gasteiger partial charge in [-0.25, -0.2) is 0 Å². The first-order valence-electron chi connectivity index (χ1n) is 20.7. The van der Waals surface area contributed by atoms with Crippen molar-refractivity contribution in [2.45, 2.75) is 41.5 Å². The van der Waals surface area contributed by atoms with Crippen LogP contribution in [0.15, 0.2) is 167 Å². The Balaban J connectivity index is 1.00. The molecule has 9 aromatic carbocycles. The van der Waals surface area contributed by atoms with E-state index in [9.17, 15) is 0 Å². The topological polar surface area (TPSA) is 32.8 Å². The van der Waals surface area contributed by atoms with E-state index in [1.807, 2.05) is 0 Å². The van der Waals surface area contributed by atoms with Crippen LogP contribution in [0.3, 0.4) is 0 Å². The Morgan fingerprint density at radius 2 is 0.633 bits per heavy atom. The minimum absolute atomic E-state index is 0.852. The fourth-order valence-corrected chi connectivity index (χ4v) is 9.12. The average molecular weight is 777 g/mol. The number of benzene rings is 9. The van der Waals surface area contributed by atoms with E-state index >= 15 is 0 Å². The predicted octanol–water partition coefficient (Wildman–Crippen LogP) is 16.6. The summed E-state index contributed by atoms with van der Waals surface area (Å²) < 4.78 is 13.4. The Kier molecular flexibility index (Phi) is 8.15. The van der Waals surface area contributed by atoms with Crippen molar-refractivity contribution in [2.75, 3.05) is 9.80 Å². The van der Waals surface area contributed by atoms with Crippen LogP contribution in [-0.4, -0.2) is 0 Å².